The van der Waals surface area contributed by atoms with Gasteiger partial charge in [0.2, 0.25) is 5.91 Å². The molecule has 1 aromatic carbocycles. The van der Waals surface area contributed by atoms with E-state index in [1.807, 2.05) is 6.07 Å². The van der Waals surface area contributed by atoms with E-state index >= 15 is 0 Å². The molecule has 0 heterocycles. The maximum atomic E-state index is 11.2. The normalized spacial score (nSPS) is 10.1. The molecule has 88 valence electrons. The van der Waals surface area contributed by atoms with E-state index in [0.717, 1.165) is 0 Å². The van der Waals surface area contributed by atoms with E-state index in [9.17, 15) is 9.90 Å². The summed E-state index contributed by atoms with van der Waals surface area (Å²) in [6.45, 7) is 1.62. The summed E-state index contributed by atoms with van der Waals surface area (Å²) in [5.41, 5.74) is 0.524. The first-order valence-corrected chi connectivity index (χ1v) is 5.12. The fraction of sp³-hybridized carbons (Fsp3) is 0.250. The fourth-order valence-corrected chi connectivity index (χ4v) is 1.18. The largest absolute Gasteiger partial charge is 0.507 e. The van der Waals surface area contributed by atoms with Gasteiger partial charge in [0.1, 0.15) is 5.75 Å². The molecule has 0 atom stereocenters. The van der Waals surface area contributed by atoms with Crippen molar-refractivity contribution in [1.82, 2.24) is 5.01 Å². The Hall–Kier alpha value is -2.35. The Labute approximate surface area is 99.6 Å². The van der Waals surface area contributed by atoms with Crippen molar-refractivity contribution in [3.05, 3.63) is 29.8 Å². The van der Waals surface area contributed by atoms with Gasteiger partial charge in [-0.05, 0) is 12.1 Å². The summed E-state index contributed by atoms with van der Waals surface area (Å²) >= 11 is 0. The van der Waals surface area contributed by atoms with Gasteiger partial charge in [-0.2, -0.15) is 10.4 Å². The minimum Gasteiger partial charge on any atom is -0.507 e. The number of rotatable bonds is 4. The average molecular weight is 231 g/mol. The van der Waals surface area contributed by atoms with Gasteiger partial charge in [0.05, 0.1) is 25.2 Å². The number of hydrogen-bond donors (Lipinski definition) is 1. The number of aromatic hydroxyl groups is 1. The molecule has 0 saturated carbocycles. The van der Waals surface area contributed by atoms with Crippen LogP contribution in [0.25, 0.3) is 0 Å². The van der Waals surface area contributed by atoms with Gasteiger partial charge in [-0.3, -0.25) is 4.79 Å². The van der Waals surface area contributed by atoms with E-state index in [2.05, 4.69) is 5.10 Å². The maximum absolute atomic E-state index is 11.2. The van der Waals surface area contributed by atoms with E-state index in [0.29, 0.717) is 5.56 Å². The monoisotopic (exact) mass is 231 g/mol. The molecule has 0 bridgehead atoms. The first-order chi connectivity index (χ1) is 8.15. The lowest BCUT2D eigenvalue weighted by molar-refractivity contribution is -0.128. The second kappa shape index (κ2) is 6.28. The number of amides is 1. The van der Waals surface area contributed by atoms with Crippen molar-refractivity contribution in [2.24, 2.45) is 5.10 Å². The molecule has 0 radical (unpaired) electrons. The molecule has 5 heteroatoms. The van der Waals surface area contributed by atoms with Gasteiger partial charge >= 0.3 is 0 Å². The highest BCUT2D eigenvalue weighted by molar-refractivity contribution is 5.84. The van der Waals surface area contributed by atoms with Crippen LogP contribution in [-0.4, -0.2) is 28.8 Å². The highest BCUT2D eigenvalue weighted by Gasteiger charge is 2.05. The number of carbonyl (C=O) groups excluding carboxylic acids is 1. The van der Waals surface area contributed by atoms with Crippen LogP contribution < -0.4 is 0 Å². The maximum Gasteiger partial charge on any atom is 0.239 e. The molecule has 0 aromatic heterocycles. The first-order valence-electron chi connectivity index (χ1n) is 5.12. The van der Waals surface area contributed by atoms with Gasteiger partial charge in [0.15, 0.2) is 0 Å². The lowest BCUT2D eigenvalue weighted by atomic mass is 10.2. The van der Waals surface area contributed by atoms with Crippen LogP contribution in [0.15, 0.2) is 29.4 Å². The van der Waals surface area contributed by atoms with Crippen LogP contribution in [0.1, 0.15) is 18.9 Å². The minimum atomic E-state index is -0.244. The lowest BCUT2D eigenvalue weighted by Gasteiger charge is -2.12. The summed E-state index contributed by atoms with van der Waals surface area (Å²) in [4.78, 5) is 11.2. The highest BCUT2D eigenvalue weighted by Crippen LogP contribution is 2.13. The Morgan fingerprint density at radius 2 is 2.29 bits per heavy atom. The number of phenolic OH excluding ortho intramolecular Hbond substituents is 1. The topological polar surface area (TPSA) is 76.7 Å². The van der Waals surface area contributed by atoms with Crippen molar-refractivity contribution in [3.63, 3.8) is 0 Å². The van der Waals surface area contributed by atoms with Crippen molar-refractivity contribution in [3.8, 4) is 11.8 Å². The average Bonchev–Trinajstić information content (AvgIpc) is 2.31. The summed E-state index contributed by atoms with van der Waals surface area (Å²) in [7, 11) is 0. The molecule has 0 unspecified atom stereocenters. The van der Waals surface area contributed by atoms with Crippen LogP contribution in [-0.2, 0) is 4.79 Å². The molecular weight excluding hydrogens is 218 g/mol. The number of phenols is 1. The molecular formula is C12H13N3O2. The van der Waals surface area contributed by atoms with E-state index in [4.69, 9.17) is 5.26 Å². The van der Waals surface area contributed by atoms with E-state index in [1.54, 1.807) is 18.2 Å². The Balaban J connectivity index is 2.77. The second-order valence-corrected chi connectivity index (χ2v) is 3.35. The number of nitriles is 1. The summed E-state index contributed by atoms with van der Waals surface area (Å²) in [5, 5.41) is 23.1. The number of hydrazone groups is 1. The Morgan fingerprint density at radius 3 is 2.88 bits per heavy atom. The van der Waals surface area contributed by atoms with Crippen molar-refractivity contribution < 1.29 is 9.90 Å². The molecule has 0 aliphatic rings. The summed E-state index contributed by atoms with van der Waals surface area (Å²) < 4.78 is 0. The molecule has 1 rings (SSSR count). The van der Waals surface area contributed by atoms with E-state index in [1.165, 1.54) is 24.2 Å². The molecule has 0 fully saturated rings. The quantitative estimate of drug-likeness (QED) is 0.630. The van der Waals surface area contributed by atoms with Crippen LogP contribution in [0.2, 0.25) is 0 Å². The molecule has 1 amide bonds. The predicted molar refractivity (Wildman–Crippen MR) is 63.3 cm³/mol. The van der Waals surface area contributed by atoms with Crippen molar-refractivity contribution in [2.45, 2.75) is 13.3 Å². The van der Waals surface area contributed by atoms with Crippen LogP contribution >= 0.6 is 0 Å². The Kier molecular flexibility index (Phi) is 4.70. The molecule has 0 spiro atoms. The SMILES string of the molecule is CC(=O)N(CCC#N)/N=C/c1ccccc1O. The molecule has 1 aromatic rings. The standard InChI is InChI=1S/C12H13N3O2/c1-10(16)15(8-4-7-13)14-9-11-5-2-3-6-12(11)17/h2-3,5-6,9,17H,4,8H2,1H3/b14-9+. The van der Waals surface area contributed by atoms with Gasteiger partial charge in [-0.15, -0.1) is 0 Å². The van der Waals surface area contributed by atoms with Crippen molar-refractivity contribution >= 4 is 12.1 Å². The number of hydrogen-bond acceptors (Lipinski definition) is 4. The van der Waals surface area contributed by atoms with Gasteiger partial charge in [-0.25, -0.2) is 5.01 Å². The van der Waals surface area contributed by atoms with Gasteiger partial charge in [-0.1, -0.05) is 12.1 Å². The summed E-state index contributed by atoms with van der Waals surface area (Å²) in [5.74, 6) is -0.146. The zero-order valence-electron chi connectivity index (χ0n) is 9.50. The summed E-state index contributed by atoms with van der Waals surface area (Å²) in [6.07, 6.45) is 1.62. The lowest BCUT2D eigenvalue weighted by Crippen LogP contribution is -2.24. The highest BCUT2D eigenvalue weighted by atomic mass is 16.3. The van der Waals surface area contributed by atoms with Crippen molar-refractivity contribution in [2.75, 3.05) is 6.54 Å². The molecule has 1 N–H and O–H groups in total. The fourth-order valence-electron chi connectivity index (χ4n) is 1.18. The third-order valence-electron chi connectivity index (χ3n) is 2.07. The van der Waals surface area contributed by atoms with E-state index in [-0.39, 0.29) is 24.6 Å². The zero-order valence-corrected chi connectivity index (χ0v) is 9.50. The van der Waals surface area contributed by atoms with Gasteiger partial charge < -0.3 is 5.11 Å². The third kappa shape index (κ3) is 3.95. The Bertz CT molecular complexity index is 463. The second-order valence-electron chi connectivity index (χ2n) is 3.35. The van der Waals surface area contributed by atoms with Crippen LogP contribution in [0, 0.1) is 11.3 Å². The zero-order chi connectivity index (χ0) is 12.7. The molecule has 17 heavy (non-hydrogen) atoms. The van der Waals surface area contributed by atoms with Gasteiger partial charge in [0.25, 0.3) is 0 Å². The molecule has 0 aliphatic heterocycles. The number of nitrogens with zero attached hydrogens (tertiary/aromatic N) is 3. The number of para-hydroxylation sites is 1. The van der Waals surface area contributed by atoms with E-state index < -0.39 is 0 Å². The minimum absolute atomic E-state index is 0.0973. The predicted octanol–water partition coefficient (Wildman–Crippen LogP) is 1.49. The van der Waals surface area contributed by atoms with Crippen LogP contribution in [0.4, 0.5) is 0 Å². The van der Waals surface area contributed by atoms with Crippen LogP contribution in [0.3, 0.4) is 0 Å². The summed E-state index contributed by atoms with van der Waals surface area (Å²) in [6, 6.07) is 8.62. The molecule has 5 nitrogen and oxygen atoms in total. The van der Waals surface area contributed by atoms with Crippen LogP contribution in [0.5, 0.6) is 5.75 Å². The van der Waals surface area contributed by atoms with Gasteiger partial charge in [0, 0.05) is 12.5 Å². The number of benzene rings is 1. The Morgan fingerprint density at radius 1 is 1.59 bits per heavy atom. The van der Waals surface area contributed by atoms with Crippen molar-refractivity contribution in [1.29, 1.82) is 5.26 Å². The third-order valence-corrected chi connectivity index (χ3v) is 2.07. The molecule has 0 aliphatic carbocycles. The smallest absolute Gasteiger partial charge is 0.239 e. The number of carbonyl (C=O) groups is 1. The first kappa shape index (κ1) is 12.7. The molecule has 0 saturated heterocycles.